The van der Waals surface area contributed by atoms with Gasteiger partial charge in [0.2, 0.25) is 11.8 Å². The summed E-state index contributed by atoms with van der Waals surface area (Å²) in [5.41, 5.74) is -0.568. The minimum atomic E-state index is -0.568. The summed E-state index contributed by atoms with van der Waals surface area (Å²) in [5, 5.41) is 2.75. The van der Waals surface area contributed by atoms with E-state index in [1.807, 2.05) is 4.90 Å². The molecule has 0 aromatic heterocycles. The molecule has 1 N–H and O–H groups in total. The molecule has 0 unspecified atom stereocenters. The van der Waals surface area contributed by atoms with E-state index in [1.165, 1.54) is 0 Å². The molecule has 102 valence electrons. The Balaban J connectivity index is 2.13. The molecule has 0 aromatic carbocycles. The second-order valence-electron chi connectivity index (χ2n) is 5.17. The highest BCUT2D eigenvalue weighted by Gasteiger charge is 2.49. The van der Waals surface area contributed by atoms with E-state index >= 15 is 0 Å². The molecule has 1 saturated heterocycles. The van der Waals surface area contributed by atoms with Crippen LogP contribution in [0.2, 0.25) is 0 Å². The molecule has 5 heteroatoms. The van der Waals surface area contributed by atoms with Gasteiger partial charge in [0, 0.05) is 20.3 Å². The van der Waals surface area contributed by atoms with E-state index in [0.29, 0.717) is 13.2 Å². The lowest BCUT2D eigenvalue weighted by Crippen LogP contribution is -2.67. The first-order chi connectivity index (χ1) is 8.70. The number of hydrogen-bond acceptors (Lipinski definition) is 3. The van der Waals surface area contributed by atoms with Crippen molar-refractivity contribution >= 4 is 11.8 Å². The number of nitrogens with zero attached hydrogens (tertiary/aromatic N) is 1. The lowest BCUT2D eigenvalue weighted by atomic mass is 9.78. The van der Waals surface area contributed by atoms with Crippen molar-refractivity contribution in [3.05, 3.63) is 0 Å². The first-order valence-corrected chi connectivity index (χ1v) is 6.78. The standard InChI is InChI=1S/C13H22N2O3/c1-18-9-5-8-15-11(16)10-14-12(17)13(15)6-3-2-4-7-13/h2-10H2,1H3,(H,14,17). The van der Waals surface area contributed by atoms with Crippen LogP contribution in [0.3, 0.4) is 0 Å². The highest BCUT2D eigenvalue weighted by Crippen LogP contribution is 2.35. The normalized spacial score (nSPS) is 23.3. The van der Waals surface area contributed by atoms with Crippen LogP contribution in [0.4, 0.5) is 0 Å². The van der Waals surface area contributed by atoms with Crippen molar-refractivity contribution in [2.24, 2.45) is 0 Å². The van der Waals surface area contributed by atoms with Gasteiger partial charge in [0.15, 0.2) is 0 Å². The van der Waals surface area contributed by atoms with Crippen LogP contribution in [-0.2, 0) is 14.3 Å². The van der Waals surface area contributed by atoms with Gasteiger partial charge in [-0.05, 0) is 19.3 Å². The number of ether oxygens (including phenoxy) is 1. The highest BCUT2D eigenvalue weighted by molar-refractivity contribution is 5.98. The summed E-state index contributed by atoms with van der Waals surface area (Å²) in [7, 11) is 1.65. The molecule has 1 saturated carbocycles. The number of methoxy groups -OCH3 is 1. The van der Waals surface area contributed by atoms with Gasteiger partial charge in [-0.2, -0.15) is 0 Å². The van der Waals surface area contributed by atoms with Gasteiger partial charge in [0.05, 0.1) is 6.54 Å². The SMILES string of the molecule is COCCCN1C(=O)CNC(=O)C12CCCCC2. The zero-order chi connectivity index (χ0) is 13.0. The van der Waals surface area contributed by atoms with Crippen LogP contribution in [0.25, 0.3) is 0 Å². The van der Waals surface area contributed by atoms with Crippen molar-refractivity contribution < 1.29 is 14.3 Å². The van der Waals surface area contributed by atoms with Gasteiger partial charge in [0.25, 0.3) is 0 Å². The van der Waals surface area contributed by atoms with Gasteiger partial charge in [-0.3, -0.25) is 9.59 Å². The summed E-state index contributed by atoms with van der Waals surface area (Å²) in [6, 6.07) is 0. The second kappa shape index (κ2) is 5.69. The fourth-order valence-electron chi connectivity index (χ4n) is 3.12. The number of nitrogens with one attached hydrogen (secondary N) is 1. The molecule has 5 nitrogen and oxygen atoms in total. The summed E-state index contributed by atoms with van der Waals surface area (Å²) in [5.74, 6) is 0.0896. The Morgan fingerprint density at radius 2 is 2.00 bits per heavy atom. The molecular formula is C13H22N2O3. The maximum Gasteiger partial charge on any atom is 0.246 e. The van der Waals surface area contributed by atoms with Crippen LogP contribution in [0, 0.1) is 0 Å². The number of carbonyl (C=O) groups is 2. The van der Waals surface area contributed by atoms with Gasteiger partial charge < -0.3 is 15.0 Å². The van der Waals surface area contributed by atoms with Crippen LogP contribution < -0.4 is 5.32 Å². The third-order valence-corrected chi connectivity index (χ3v) is 4.05. The van der Waals surface area contributed by atoms with Gasteiger partial charge in [-0.25, -0.2) is 0 Å². The predicted molar refractivity (Wildman–Crippen MR) is 67.0 cm³/mol. The Morgan fingerprint density at radius 3 is 2.67 bits per heavy atom. The van der Waals surface area contributed by atoms with E-state index in [2.05, 4.69) is 5.32 Å². The number of hydrogen-bond donors (Lipinski definition) is 1. The Labute approximate surface area is 108 Å². The number of rotatable bonds is 4. The smallest absolute Gasteiger partial charge is 0.246 e. The molecule has 2 rings (SSSR count). The molecular weight excluding hydrogens is 232 g/mol. The van der Waals surface area contributed by atoms with Gasteiger partial charge in [0.1, 0.15) is 5.54 Å². The number of amides is 2. The maximum absolute atomic E-state index is 12.2. The van der Waals surface area contributed by atoms with Crippen LogP contribution >= 0.6 is 0 Å². The molecule has 1 aliphatic heterocycles. The van der Waals surface area contributed by atoms with Gasteiger partial charge in [-0.15, -0.1) is 0 Å². The number of carbonyl (C=O) groups excluding carboxylic acids is 2. The van der Waals surface area contributed by atoms with Crippen molar-refractivity contribution in [3.63, 3.8) is 0 Å². The van der Waals surface area contributed by atoms with Crippen molar-refractivity contribution in [1.29, 1.82) is 0 Å². The summed E-state index contributed by atoms with van der Waals surface area (Å²) in [6.07, 6.45) is 5.62. The fraction of sp³-hybridized carbons (Fsp3) is 0.846. The molecule has 2 aliphatic rings. The first kappa shape index (κ1) is 13.3. The predicted octanol–water partition coefficient (Wildman–Crippen LogP) is 0.684. The van der Waals surface area contributed by atoms with Crippen molar-refractivity contribution in [1.82, 2.24) is 10.2 Å². The second-order valence-corrected chi connectivity index (χ2v) is 5.17. The quantitative estimate of drug-likeness (QED) is 0.751. The summed E-state index contributed by atoms with van der Waals surface area (Å²) >= 11 is 0. The zero-order valence-corrected chi connectivity index (χ0v) is 11.0. The molecule has 0 atom stereocenters. The maximum atomic E-state index is 12.2. The van der Waals surface area contributed by atoms with E-state index in [0.717, 1.165) is 38.5 Å². The van der Waals surface area contributed by atoms with Crippen molar-refractivity contribution in [2.75, 3.05) is 26.8 Å². The van der Waals surface area contributed by atoms with Crippen molar-refractivity contribution in [3.8, 4) is 0 Å². The fourth-order valence-corrected chi connectivity index (χ4v) is 3.12. The molecule has 1 aliphatic carbocycles. The Bertz CT molecular complexity index is 324. The van der Waals surface area contributed by atoms with Crippen molar-refractivity contribution in [2.45, 2.75) is 44.1 Å². The van der Waals surface area contributed by atoms with E-state index in [4.69, 9.17) is 4.74 Å². The van der Waals surface area contributed by atoms with Gasteiger partial charge in [-0.1, -0.05) is 19.3 Å². The van der Waals surface area contributed by atoms with E-state index in [-0.39, 0.29) is 18.4 Å². The summed E-state index contributed by atoms with van der Waals surface area (Å²) in [4.78, 5) is 26.1. The molecule has 0 bridgehead atoms. The topological polar surface area (TPSA) is 58.6 Å². The third-order valence-electron chi connectivity index (χ3n) is 4.05. The summed E-state index contributed by atoms with van der Waals surface area (Å²) in [6.45, 7) is 1.40. The third kappa shape index (κ3) is 2.36. The molecule has 2 fully saturated rings. The first-order valence-electron chi connectivity index (χ1n) is 6.78. The minimum absolute atomic E-state index is 0.0409. The Hall–Kier alpha value is -1.10. The zero-order valence-electron chi connectivity index (χ0n) is 11.0. The molecule has 2 amide bonds. The molecule has 1 heterocycles. The lowest BCUT2D eigenvalue weighted by Gasteiger charge is -2.47. The Morgan fingerprint density at radius 1 is 1.28 bits per heavy atom. The van der Waals surface area contributed by atoms with Crippen LogP contribution in [0.5, 0.6) is 0 Å². The Kier molecular flexibility index (Phi) is 4.22. The average Bonchev–Trinajstić information content (AvgIpc) is 2.40. The molecule has 1 spiro atoms. The van der Waals surface area contributed by atoms with Gasteiger partial charge >= 0.3 is 0 Å². The van der Waals surface area contributed by atoms with Crippen LogP contribution in [0.1, 0.15) is 38.5 Å². The van der Waals surface area contributed by atoms with Crippen LogP contribution in [-0.4, -0.2) is 49.1 Å². The highest BCUT2D eigenvalue weighted by atomic mass is 16.5. The van der Waals surface area contributed by atoms with E-state index in [1.54, 1.807) is 7.11 Å². The summed E-state index contributed by atoms with van der Waals surface area (Å²) < 4.78 is 5.03. The molecule has 18 heavy (non-hydrogen) atoms. The van der Waals surface area contributed by atoms with E-state index in [9.17, 15) is 9.59 Å². The monoisotopic (exact) mass is 254 g/mol. The molecule has 0 aromatic rings. The lowest BCUT2D eigenvalue weighted by molar-refractivity contribution is -0.156. The van der Waals surface area contributed by atoms with E-state index < -0.39 is 5.54 Å². The largest absolute Gasteiger partial charge is 0.385 e. The average molecular weight is 254 g/mol. The minimum Gasteiger partial charge on any atom is -0.385 e. The molecule has 0 radical (unpaired) electrons. The van der Waals surface area contributed by atoms with Crippen LogP contribution in [0.15, 0.2) is 0 Å². The number of piperazine rings is 1.